The van der Waals surface area contributed by atoms with Gasteiger partial charge in [0.05, 0.1) is 11.9 Å². The number of carbonyl (C=O) groups is 1. The maximum Gasteiger partial charge on any atom is 0.220 e. The van der Waals surface area contributed by atoms with E-state index < -0.39 is 0 Å². The van der Waals surface area contributed by atoms with Crippen LogP contribution in [0.5, 0.6) is 11.6 Å². The van der Waals surface area contributed by atoms with Gasteiger partial charge in [0.1, 0.15) is 11.6 Å². The third-order valence-corrected chi connectivity index (χ3v) is 8.53. The third-order valence-electron chi connectivity index (χ3n) is 8.09. The number of piperidine rings is 1. The van der Waals surface area contributed by atoms with E-state index in [9.17, 15) is 4.79 Å². The molecule has 0 bridgehead atoms. The maximum atomic E-state index is 11.3. The molecule has 2 saturated heterocycles. The molecule has 0 unspecified atom stereocenters. The van der Waals surface area contributed by atoms with Gasteiger partial charge in [-0.05, 0) is 80.9 Å². The first kappa shape index (κ1) is 31.5. The smallest absolute Gasteiger partial charge is 0.220 e. The van der Waals surface area contributed by atoms with Gasteiger partial charge in [0.2, 0.25) is 11.8 Å². The number of anilines is 1. The Morgan fingerprint density at radius 1 is 0.977 bits per heavy atom. The summed E-state index contributed by atoms with van der Waals surface area (Å²) in [6.45, 7) is 11.1. The van der Waals surface area contributed by atoms with Crippen molar-refractivity contribution < 1.29 is 9.53 Å². The Balaban J connectivity index is 1.28. The molecule has 3 aromatic rings. The van der Waals surface area contributed by atoms with E-state index in [0.717, 1.165) is 101 Å². The van der Waals surface area contributed by atoms with Gasteiger partial charge in [-0.25, -0.2) is 9.97 Å². The fraction of sp³-hybridized carbons (Fsp3) is 0.469. The zero-order valence-corrected chi connectivity index (χ0v) is 26.5. The molecular weight excluding hydrogens is 585 g/mol. The van der Waals surface area contributed by atoms with Gasteiger partial charge in [0.15, 0.2) is 0 Å². The standard InChI is InChI=1S/C32H41Cl2N7O2/c1-23(42)36-20-24-5-8-40(9-6-24)22-25-15-30(26-17-27(33)19-28(34)18-26)38-32(16-25)43-29-3-4-31(37-21-29)41-13-11-39(12-14-41)10-7-35-2/h3-4,15-19,21,24,35H,5-14,20,22H2,1-2H3,(H,36,42). The molecule has 9 nitrogen and oxygen atoms in total. The highest BCUT2D eigenvalue weighted by atomic mass is 35.5. The first-order valence-electron chi connectivity index (χ1n) is 15.0. The summed E-state index contributed by atoms with van der Waals surface area (Å²) in [5, 5.41) is 7.29. The predicted molar refractivity (Wildman–Crippen MR) is 173 cm³/mol. The molecular formula is C32H41Cl2N7O2. The molecule has 2 N–H and O–H groups in total. The van der Waals surface area contributed by atoms with Crippen molar-refractivity contribution in [2.45, 2.75) is 26.3 Å². The van der Waals surface area contributed by atoms with Crippen LogP contribution in [-0.4, -0.2) is 91.6 Å². The first-order chi connectivity index (χ1) is 20.8. The van der Waals surface area contributed by atoms with Crippen LogP contribution in [0.3, 0.4) is 0 Å². The van der Waals surface area contributed by atoms with E-state index in [2.05, 4.69) is 31.4 Å². The number of hydrogen-bond donors (Lipinski definition) is 2. The summed E-state index contributed by atoms with van der Waals surface area (Å²) in [5.74, 6) is 2.63. The quantitative estimate of drug-likeness (QED) is 0.310. The Bertz CT molecular complexity index is 1340. The van der Waals surface area contributed by atoms with Gasteiger partial charge in [0, 0.05) is 81.0 Å². The van der Waals surface area contributed by atoms with Crippen molar-refractivity contribution in [1.82, 2.24) is 30.4 Å². The van der Waals surface area contributed by atoms with Crippen molar-refractivity contribution in [2.75, 3.05) is 70.9 Å². The lowest BCUT2D eigenvalue weighted by Gasteiger charge is -2.35. The van der Waals surface area contributed by atoms with E-state index in [1.165, 1.54) is 0 Å². The molecule has 4 heterocycles. The number of hydrogen-bond acceptors (Lipinski definition) is 8. The summed E-state index contributed by atoms with van der Waals surface area (Å²) in [6, 6.07) is 13.5. The number of nitrogens with one attached hydrogen (secondary N) is 2. The number of likely N-dealkylation sites (N-methyl/N-ethyl adjacent to an activating group) is 1. The van der Waals surface area contributed by atoms with Gasteiger partial charge >= 0.3 is 0 Å². The third kappa shape index (κ3) is 9.27. The molecule has 2 aliphatic rings. The Morgan fingerprint density at radius 2 is 1.72 bits per heavy atom. The van der Waals surface area contributed by atoms with Gasteiger partial charge in [-0.3, -0.25) is 14.6 Å². The van der Waals surface area contributed by atoms with Gasteiger partial charge in [-0.1, -0.05) is 23.2 Å². The van der Waals surface area contributed by atoms with Crippen molar-refractivity contribution in [1.29, 1.82) is 0 Å². The second-order valence-electron chi connectivity index (χ2n) is 11.4. The minimum atomic E-state index is 0.0313. The van der Waals surface area contributed by atoms with Crippen LogP contribution in [0.2, 0.25) is 10.0 Å². The minimum absolute atomic E-state index is 0.0313. The molecule has 0 saturated carbocycles. The normalized spacial score (nSPS) is 16.8. The summed E-state index contributed by atoms with van der Waals surface area (Å²) in [6.07, 6.45) is 3.87. The number of benzene rings is 1. The molecule has 11 heteroatoms. The monoisotopic (exact) mass is 625 g/mol. The van der Waals surface area contributed by atoms with E-state index in [1.54, 1.807) is 19.2 Å². The summed E-state index contributed by atoms with van der Waals surface area (Å²) < 4.78 is 6.27. The van der Waals surface area contributed by atoms with Crippen molar-refractivity contribution in [3.63, 3.8) is 0 Å². The summed E-state index contributed by atoms with van der Waals surface area (Å²) in [4.78, 5) is 28.1. The SMILES string of the molecule is CNCCN1CCN(c2ccc(Oc3cc(CN4CCC(CNC(C)=O)CC4)cc(-c4cc(Cl)cc(Cl)c4)n3)cn2)CC1. The molecule has 43 heavy (non-hydrogen) atoms. The van der Waals surface area contributed by atoms with Gasteiger partial charge in [0.25, 0.3) is 0 Å². The van der Waals surface area contributed by atoms with Crippen LogP contribution in [0.15, 0.2) is 48.7 Å². The van der Waals surface area contributed by atoms with E-state index >= 15 is 0 Å². The lowest BCUT2D eigenvalue weighted by Crippen LogP contribution is -2.48. The Morgan fingerprint density at radius 3 is 2.37 bits per heavy atom. The van der Waals surface area contributed by atoms with Crippen LogP contribution in [-0.2, 0) is 11.3 Å². The Labute approximate surface area is 264 Å². The van der Waals surface area contributed by atoms with Crippen molar-refractivity contribution in [3.05, 3.63) is 64.3 Å². The Hall–Kier alpha value is -2.95. The molecule has 230 valence electrons. The Kier molecular flexibility index (Phi) is 11.1. The molecule has 2 aliphatic heterocycles. The molecule has 2 fully saturated rings. The topological polar surface area (TPSA) is 85.9 Å². The van der Waals surface area contributed by atoms with Gasteiger partial charge in [-0.2, -0.15) is 0 Å². The molecule has 0 spiro atoms. The number of aromatic nitrogens is 2. The van der Waals surface area contributed by atoms with Gasteiger partial charge < -0.3 is 20.3 Å². The van der Waals surface area contributed by atoms with E-state index in [0.29, 0.717) is 27.6 Å². The molecule has 0 atom stereocenters. The highest BCUT2D eigenvalue weighted by Crippen LogP contribution is 2.31. The average Bonchev–Trinajstić information content (AvgIpc) is 3.00. The zero-order chi connectivity index (χ0) is 30.2. The van der Waals surface area contributed by atoms with Crippen molar-refractivity contribution in [2.24, 2.45) is 5.92 Å². The number of pyridine rings is 2. The molecule has 1 amide bonds. The molecule has 1 aromatic carbocycles. The molecule has 0 radical (unpaired) electrons. The zero-order valence-electron chi connectivity index (χ0n) is 25.0. The van der Waals surface area contributed by atoms with Crippen molar-refractivity contribution in [3.8, 4) is 22.9 Å². The number of ether oxygens (including phenoxy) is 1. The number of piperazine rings is 1. The first-order valence-corrected chi connectivity index (χ1v) is 15.8. The number of carbonyl (C=O) groups excluding carboxylic acids is 1. The highest BCUT2D eigenvalue weighted by molar-refractivity contribution is 6.35. The maximum absolute atomic E-state index is 11.3. The predicted octanol–water partition coefficient (Wildman–Crippen LogP) is 4.93. The van der Waals surface area contributed by atoms with Crippen LogP contribution < -0.4 is 20.3 Å². The lowest BCUT2D eigenvalue weighted by molar-refractivity contribution is -0.119. The van der Waals surface area contributed by atoms with Crippen molar-refractivity contribution >= 4 is 34.9 Å². The average molecular weight is 627 g/mol. The van der Waals surface area contributed by atoms with E-state index in [4.69, 9.17) is 37.9 Å². The molecule has 0 aliphatic carbocycles. The minimum Gasteiger partial charge on any atom is -0.437 e. The summed E-state index contributed by atoms with van der Waals surface area (Å²) in [5.41, 5.74) is 2.68. The van der Waals surface area contributed by atoms with E-state index in [-0.39, 0.29) is 5.91 Å². The number of amides is 1. The van der Waals surface area contributed by atoms with Crippen LogP contribution in [0.4, 0.5) is 5.82 Å². The number of nitrogens with zero attached hydrogens (tertiary/aromatic N) is 5. The largest absolute Gasteiger partial charge is 0.437 e. The number of halogens is 2. The number of likely N-dealkylation sites (tertiary alicyclic amines) is 1. The summed E-state index contributed by atoms with van der Waals surface area (Å²) >= 11 is 12.7. The molecule has 2 aromatic heterocycles. The number of rotatable bonds is 11. The fourth-order valence-electron chi connectivity index (χ4n) is 5.66. The van der Waals surface area contributed by atoms with Crippen LogP contribution in [0, 0.1) is 5.92 Å². The fourth-order valence-corrected chi connectivity index (χ4v) is 6.18. The van der Waals surface area contributed by atoms with Crippen LogP contribution in [0.25, 0.3) is 11.3 Å². The highest BCUT2D eigenvalue weighted by Gasteiger charge is 2.21. The second kappa shape index (κ2) is 15.2. The van der Waals surface area contributed by atoms with Gasteiger partial charge in [-0.15, -0.1) is 0 Å². The summed E-state index contributed by atoms with van der Waals surface area (Å²) in [7, 11) is 1.99. The molecule has 5 rings (SSSR count). The lowest BCUT2D eigenvalue weighted by atomic mass is 9.96. The van der Waals surface area contributed by atoms with Crippen LogP contribution >= 0.6 is 23.2 Å². The van der Waals surface area contributed by atoms with E-state index in [1.807, 2.05) is 37.4 Å². The van der Waals surface area contributed by atoms with Crippen LogP contribution in [0.1, 0.15) is 25.3 Å². The second-order valence-corrected chi connectivity index (χ2v) is 12.3.